The third-order valence-electron chi connectivity index (χ3n) is 7.52. The number of nitrogen functional groups attached to an aromatic ring is 1. The molecule has 10 heteroatoms. The van der Waals surface area contributed by atoms with Crippen molar-refractivity contribution >= 4 is 39.2 Å². The van der Waals surface area contributed by atoms with Crippen LogP contribution in [0.5, 0.6) is 0 Å². The van der Waals surface area contributed by atoms with Crippen molar-refractivity contribution in [3.05, 3.63) is 66.0 Å². The SMILES string of the molecule is Cn1ncc2c(N)nc3cc(F)c(C(=O)N(Cc4cn5ccccc5n4)C45CC(F)(C4)C5)cc3c21. The Hall–Kier alpha value is -4.08. The van der Waals surface area contributed by atoms with Crippen molar-refractivity contribution in [1.29, 1.82) is 0 Å². The van der Waals surface area contributed by atoms with Crippen LogP contribution in [-0.4, -0.2) is 46.2 Å². The highest BCUT2D eigenvalue weighted by molar-refractivity contribution is 6.10. The summed E-state index contributed by atoms with van der Waals surface area (Å²) in [6.07, 6.45) is 6.10. The molecule has 3 fully saturated rings. The fourth-order valence-corrected chi connectivity index (χ4v) is 5.87. The molecule has 1 aromatic carbocycles. The van der Waals surface area contributed by atoms with Gasteiger partial charge in [0, 0.05) is 50.2 Å². The zero-order chi connectivity index (χ0) is 24.1. The van der Waals surface area contributed by atoms with Gasteiger partial charge in [0.15, 0.2) is 0 Å². The molecular formula is C25H21F2N7O. The standard InChI is InChI=1S/C25H21F2N7O/c1-32-21-16-6-15(18(26)7-19(16)31-22(28)17(21)8-29-32)23(35)34(25-11-24(27,12-25)13-25)10-14-9-33-5-3-2-4-20(33)30-14/h2-9H,10-13H2,1H3,(H2,28,31). The molecule has 4 heterocycles. The number of carbonyl (C=O) groups is 1. The second-order valence-corrected chi connectivity index (χ2v) is 9.87. The van der Waals surface area contributed by atoms with E-state index in [0.717, 1.165) is 5.65 Å². The van der Waals surface area contributed by atoms with Gasteiger partial charge in [0.2, 0.25) is 0 Å². The minimum atomic E-state index is -1.22. The molecule has 0 atom stereocenters. The third-order valence-corrected chi connectivity index (χ3v) is 7.52. The van der Waals surface area contributed by atoms with Gasteiger partial charge in [0.05, 0.1) is 46.0 Å². The van der Waals surface area contributed by atoms with Gasteiger partial charge in [-0.15, -0.1) is 0 Å². The largest absolute Gasteiger partial charge is 0.383 e. The number of hydrogen-bond acceptors (Lipinski definition) is 5. The maximum atomic E-state index is 15.3. The first-order valence-electron chi connectivity index (χ1n) is 11.4. The summed E-state index contributed by atoms with van der Waals surface area (Å²) in [4.78, 5) is 24.4. The molecule has 1 amide bonds. The number of nitrogens with two attached hydrogens (primary N) is 1. The Morgan fingerprint density at radius 3 is 2.74 bits per heavy atom. The van der Waals surface area contributed by atoms with Crippen LogP contribution in [0.4, 0.5) is 14.6 Å². The van der Waals surface area contributed by atoms with E-state index in [4.69, 9.17) is 5.73 Å². The number of benzene rings is 1. The second kappa shape index (κ2) is 6.53. The molecule has 3 aliphatic carbocycles. The predicted molar refractivity (Wildman–Crippen MR) is 126 cm³/mol. The Morgan fingerprint density at radius 1 is 1.20 bits per heavy atom. The van der Waals surface area contributed by atoms with Crippen LogP contribution < -0.4 is 5.73 Å². The lowest BCUT2D eigenvalue weighted by atomic mass is 9.46. The van der Waals surface area contributed by atoms with Gasteiger partial charge in [0.1, 0.15) is 23.0 Å². The Balaban J connectivity index is 1.34. The van der Waals surface area contributed by atoms with E-state index in [9.17, 15) is 9.18 Å². The number of rotatable bonds is 4. The number of pyridine rings is 2. The Labute approximate surface area is 198 Å². The van der Waals surface area contributed by atoms with E-state index in [2.05, 4.69) is 15.1 Å². The monoisotopic (exact) mass is 473 g/mol. The van der Waals surface area contributed by atoms with E-state index >= 15 is 4.39 Å². The first-order valence-corrected chi connectivity index (χ1v) is 11.4. The minimum Gasteiger partial charge on any atom is -0.383 e. The van der Waals surface area contributed by atoms with Crippen LogP contribution in [0.15, 0.2) is 48.9 Å². The third kappa shape index (κ3) is 2.76. The Bertz CT molecular complexity index is 1650. The number of hydrogen-bond donors (Lipinski definition) is 1. The molecule has 8 nitrogen and oxygen atoms in total. The highest BCUT2D eigenvalue weighted by Gasteiger charge is 2.72. The van der Waals surface area contributed by atoms with Crippen molar-refractivity contribution in [2.24, 2.45) is 7.05 Å². The molecule has 2 bridgehead atoms. The zero-order valence-corrected chi connectivity index (χ0v) is 18.9. The number of anilines is 1. The van der Waals surface area contributed by atoms with Crippen molar-refractivity contribution in [3.63, 3.8) is 0 Å². The first-order chi connectivity index (χ1) is 16.8. The van der Waals surface area contributed by atoms with Gasteiger partial charge < -0.3 is 15.0 Å². The molecule has 0 aliphatic heterocycles. The smallest absolute Gasteiger partial charge is 0.257 e. The highest BCUT2D eigenvalue weighted by atomic mass is 19.1. The fraction of sp³-hybridized carbons (Fsp3) is 0.280. The van der Waals surface area contributed by atoms with Gasteiger partial charge in [-0.1, -0.05) is 6.07 Å². The molecule has 35 heavy (non-hydrogen) atoms. The maximum absolute atomic E-state index is 15.3. The topological polar surface area (TPSA) is 94.3 Å². The number of carbonyl (C=O) groups excluding carboxylic acids is 1. The lowest BCUT2D eigenvalue weighted by Crippen LogP contribution is -2.77. The number of imidazole rings is 1. The first kappa shape index (κ1) is 20.3. The van der Waals surface area contributed by atoms with Crippen molar-refractivity contribution < 1.29 is 13.6 Å². The number of aromatic nitrogens is 5. The summed E-state index contributed by atoms with van der Waals surface area (Å²) in [6.45, 7) is 0.162. The fourth-order valence-electron chi connectivity index (χ4n) is 5.87. The average molecular weight is 473 g/mol. The molecule has 5 aromatic rings. The van der Waals surface area contributed by atoms with Crippen LogP contribution in [0.2, 0.25) is 0 Å². The van der Waals surface area contributed by atoms with Crippen molar-refractivity contribution in [2.75, 3.05) is 5.73 Å². The van der Waals surface area contributed by atoms with E-state index in [0.29, 0.717) is 27.5 Å². The minimum absolute atomic E-state index is 0.0898. The van der Waals surface area contributed by atoms with Crippen LogP contribution in [0, 0.1) is 5.82 Å². The van der Waals surface area contributed by atoms with E-state index in [1.807, 2.05) is 35.0 Å². The summed E-state index contributed by atoms with van der Waals surface area (Å²) in [6, 6.07) is 8.38. The molecule has 2 N–H and O–H groups in total. The summed E-state index contributed by atoms with van der Waals surface area (Å²) >= 11 is 0. The number of alkyl halides is 1. The number of fused-ring (bicyclic) bond motifs is 4. The normalized spacial score (nSPS) is 22.9. The van der Waals surface area contributed by atoms with Gasteiger partial charge in [0.25, 0.3) is 5.91 Å². The number of halogens is 2. The summed E-state index contributed by atoms with van der Waals surface area (Å²) in [7, 11) is 1.75. The maximum Gasteiger partial charge on any atom is 0.257 e. The van der Waals surface area contributed by atoms with Gasteiger partial charge in [-0.3, -0.25) is 9.48 Å². The van der Waals surface area contributed by atoms with E-state index in [-0.39, 0.29) is 37.2 Å². The molecule has 0 saturated heterocycles. The van der Waals surface area contributed by atoms with E-state index < -0.39 is 22.9 Å². The van der Waals surface area contributed by atoms with E-state index in [1.54, 1.807) is 22.8 Å². The van der Waals surface area contributed by atoms with Crippen molar-refractivity contribution in [2.45, 2.75) is 37.0 Å². The van der Waals surface area contributed by atoms with Crippen LogP contribution in [0.25, 0.3) is 27.5 Å². The summed E-state index contributed by atoms with van der Waals surface area (Å²) in [5, 5.41) is 5.45. The van der Waals surface area contributed by atoms with Gasteiger partial charge in [-0.2, -0.15) is 5.10 Å². The van der Waals surface area contributed by atoms with Crippen LogP contribution >= 0.6 is 0 Å². The summed E-state index contributed by atoms with van der Waals surface area (Å²) < 4.78 is 33.3. The van der Waals surface area contributed by atoms with Crippen molar-refractivity contribution in [3.8, 4) is 0 Å². The quantitative estimate of drug-likeness (QED) is 0.429. The molecule has 176 valence electrons. The average Bonchev–Trinajstić information content (AvgIpc) is 3.38. The molecule has 4 aromatic heterocycles. The Kier molecular flexibility index (Phi) is 3.79. The molecule has 0 spiro atoms. The summed E-state index contributed by atoms with van der Waals surface area (Å²) in [5.41, 5.74) is 6.52. The zero-order valence-electron chi connectivity index (χ0n) is 18.9. The lowest BCUT2D eigenvalue weighted by Gasteiger charge is -2.69. The highest BCUT2D eigenvalue weighted by Crippen LogP contribution is 2.66. The molecular weight excluding hydrogens is 452 g/mol. The van der Waals surface area contributed by atoms with Crippen LogP contribution in [-0.2, 0) is 13.6 Å². The van der Waals surface area contributed by atoms with Crippen LogP contribution in [0.3, 0.4) is 0 Å². The lowest BCUT2D eigenvalue weighted by molar-refractivity contribution is -0.215. The van der Waals surface area contributed by atoms with Crippen molar-refractivity contribution in [1.82, 2.24) is 29.0 Å². The second-order valence-electron chi connectivity index (χ2n) is 9.87. The van der Waals surface area contributed by atoms with Gasteiger partial charge >= 0.3 is 0 Å². The molecule has 0 unspecified atom stereocenters. The predicted octanol–water partition coefficient (Wildman–Crippen LogP) is 3.78. The Morgan fingerprint density at radius 2 is 2.00 bits per heavy atom. The molecule has 3 saturated carbocycles. The summed E-state index contributed by atoms with van der Waals surface area (Å²) in [5.74, 6) is -0.942. The molecule has 8 rings (SSSR count). The number of amides is 1. The number of aryl methyl sites for hydroxylation is 1. The van der Waals surface area contributed by atoms with E-state index in [1.165, 1.54) is 12.1 Å². The molecule has 3 aliphatic rings. The van der Waals surface area contributed by atoms with Crippen LogP contribution in [0.1, 0.15) is 35.3 Å². The van der Waals surface area contributed by atoms with Gasteiger partial charge in [-0.05, 0) is 18.2 Å². The molecule has 0 radical (unpaired) electrons. The van der Waals surface area contributed by atoms with Gasteiger partial charge in [-0.25, -0.2) is 18.7 Å². The number of nitrogens with zero attached hydrogens (tertiary/aromatic N) is 6.